The average molecular weight is 475 g/mol. The number of carboxylic acids is 1. The quantitative estimate of drug-likeness (QED) is 0.679. The number of carbonyl (C=O) groups excluding carboxylic acids is 2. The van der Waals surface area contributed by atoms with Crippen LogP contribution >= 0.6 is 0 Å². The van der Waals surface area contributed by atoms with Gasteiger partial charge in [-0.1, -0.05) is 55.0 Å². The number of nitrogens with one attached hydrogen (secondary N) is 1. The van der Waals surface area contributed by atoms with Crippen LogP contribution in [0.4, 0.5) is 4.79 Å². The Morgan fingerprint density at radius 3 is 2.34 bits per heavy atom. The van der Waals surface area contributed by atoms with Gasteiger partial charge in [0.25, 0.3) is 0 Å². The Labute approximate surface area is 204 Å². The van der Waals surface area contributed by atoms with Crippen molar-refractivity contribution in [3.8, 4) is 11.1 Å². The highest BCUT2D eigenvalue weighted by molar-refractivity contribution is 5.92. The van der Waals surface area contributed by atoms with Crippen molar-refractivity contribution in [3.63, 3.8) is 0 Å². The van der Waals surface area contributed by atoms with Gasteiger partial charge >= 0.3 is 12.1 Å². The molecule has 0 bridgehead atoms. The molecule has 3 fully saturated rings. The molecule has 4 atom stereocenters. The first kappa shape index (κ1) is 22.1. The van der Waals surface area contributed by atoms with Crippen LogP contribution in [-0.2, 0) is 14.3 Å². The molecule has 2 amide bonds. The highest BCUT2D eigenvalue weighted by Gasteiger charge is 2.67. The molecule has 1 aliphatic heterocycles. The van der Waals surface area contributed by atoms with Gasteiger partial charge in [-0.25, -0.2) is 9.59 Å². The number of fused-ring (bicyclic) bond motifs is 4. The van der Waals surface area contributed by atoms with Crippen LogP contribution < -0.4 is 5.32 Å². The summed E-state index contributed by atoms with van der Waals surface area (Å²) in [5, 5.41) is 12.8. The number of carbonyl (C=O) groups is 3. The first-order chi connectivity index (χ1) is 17.0. The van der Waals surface area contributed by atoms with Crippen LogP contribution in [0.2, 0.25) is 0 Å². The molecule has 2 aromatic rings. The highest BCUT2D eigenvalue weighted by atomic mass is 16.5. The van der Waals surface area contributed by atoms with E-state index in [1.165, 1.54) is 11.1 Å². The number of benzene rings is 2. The first-order valence-electron chi connectivity index (χ1n) is 12.7. The number of amides is 2. The van der Waals surface area contributed by atoms with Gasteiger partial charge in [0.05, 0.1) is 5.92 Å². The number of nitrogens with zero attached hydrogens (tertiary/aromatic N) is 1. The van der Waals surface area contributed by atoms with Gasteiger partial charge in [-0.15, -0.1) is 0 Å². The molecule has 0 aromatic heterocycles. The van der Waals surface area contributed by atoms with E-state index in [-0.39, 0.29) is 30.4 Å². The first-order valence-corrected chi connectivity index (χ1v) is 12.7. The molecule has 35 heavy (non-hydrogen) atoms. The van der Waals surface area contributed by atoms with Gasteiger partial charge in [0.2, 0.25) is 5.91 Å². The molecule has 6 rings (SSSR count). The van der Waals surface area contributed by atoms with E-state index >= 15 is 0 Å². The number of piperidine rings is 1. The van der Waals surface area contributed by atoms with Gasteiger partial charge in [-0.3, -0.25) is 4.79 Å². The van der Waals surface area contributed by atoms with E-state index in [9.17, 15) is 19.5 Å². The molecule has 0 spiro atoms. The number of carboxylic acid groups (broad SMARTS) is 1. The van der Waals surface area contributed by atoms with Crippen molar-refractivity contribution in [2.24, 2.45) is 11.8 Å². The van der Waals surface area contributed by atoms with E-state index in [1.807, 2.05) is 24.3 Å². The molecular formula is C28H30N2O5. The Morgan fingerprint density at radius 1 is 0.971 bits per heavy atom. The second-order valence-electron chi connectivity index (χ2n) is 10.4. The molecule has 7 heteroatoms. The molecule has 3 aliphatic carbocycles. The maximum Gasteiger partial charge on any atom is 0.407 e. The van der Waals surface area contributed by atoms with Gasteiger partial charge in [0.1, 0.15) is 12.1 Å². The minimum absolute atomic E-state index is 0.0234. The summed E-state index contributed by atoms with van der Waals surface area (Å²) in [4.78, 5) is 39.9. The fourth-order valence-corrected chi connectivity index (χ4v) is 6.79. The molecule has 2 saturated carbocycles. The molecule has 2 unspecified atom stereocenters. The number of aliphatic carboxylic acids is 1. The lowest BCUT2D eigenvalue weighted by atomic mass is 9.96. The Morgan fingerprint density at radius 2 is 1.66 bits per heavy atom. The van der Waals surface area contributed by atoms with Gasteiger partial charge in [0, 0.05) is 18.5 Å². The Balaban J connectivity index is 1.12. The van der Waals surface area contributed by atoms with Crippen molar-refractivity contribution in [2.45, 2.75) is 56.0 Å². The minimum atomic E-state index is -1.02. The lowest BCUT2D eigenvalue weighted by molar-refractivity contribution is -0.156. The molecule has 1 heterocycles. The third-order valence-electron chi connectivity index (χ3n) is 8.61. The average Bonchev–Trinajstić information content (AvgIpc) is 3.34. The normalized spacial score (nSPS) is 28.6. The van der Waals surface area contributed by atoms with Crippen molar-refractivity contribution in [2.75, 3.05) is 13.2 Å². The van der Waals surface area contributed by atoms with Crippen molar-refractivity contribution >= 4 is 18.0 Å². The molecule has 2 aromatic carbocycles. The monoisotopic (exact) mass is 474 g/mol. The molecule has 2 N–H and O–H groups in total. The van der Waals surface area contributed by atoms with E-state index < -0.39 is 23.5 Å². The molecule has 182 valence electrons. The van der Waals surface area contributed by atoms with Crippen molar-refractivity contribution < 1.29 is 24.2 Å². The van der Waals surface area contributed by atoms with Crippen molar-refractivity contribution in [1.29, 1.82) is 0 Å². The number of rotatable bonds is 5. The highest BCUT2D eigenvalue weighted by Crippen LogP contribution is 2.55. The third-order valence-corrected chi connectivity index (χ3v) is 8.61. The van der Waals surface area contributed by atoms with Gasteiger partial charge in [-0.05, 0) is 60.3 Å². The Kier molecular flexibility index (Phi) is 5.31. The number of hydrogen-bond donors (Lipinski definition) is 2. The zero-order valence-corrected chi connectivity index (χ0v) is 19.6. The molecular weight excluding hydrogens is 444 g/mol. The van der Waals surface area contributed by atoms with Crippen LogP contribution in [0.5, 0.6) is 0 Å². The second-order valence-corrected chi connectivity index (χ2v) is 10.4. The van der Waals surface area contributed by atoms with Gasteiger partial charge < -0.3 is 20.1 Å². The second kappa shape index (κ2) is 8.40. The summed E-state index contributed by atoms with van der Waals surface area (Å²) in [5.74, 6) is -1.38. The zero-order valence-electron chi connectivity index (χ0n) is 19.6. The summed E-state index contributed by atoms with van der Waals surface area (Å²) < 4.78 is 5.69. The van der Waals surface area contributed by atoms with E-state index in [0.717, 1.165) is 30.4 Å². The summed E-state index contributed by atoms with van der Waals surface area (Å²) in [6.07, 6.45) is 3.90. The number of hydrogen-bond acceptors (Lipinski definition) is 4. The number of alkyl carbamates (subject to hydrolysis) is 1. The predicted octanol–water partition coefficient (Wildman–Crippen LogP) is 4.16. The van der Waals surface area contributed by atoms with Crippen molar-refractivity contribution in [1.82, 2.24) is 10.2 Å². The lowest BCUT2D eigenvalue weighted by Gasteiger charge is -2.36. The number of likely N-dealkylation sites (tertiary alicyclic amines) is 1. The standard InChI is InChI=1S/C28H30N2O5/c31-25(30-14-6-7-17-15-28(17,30)26(32)33)22-12-5-13-24(22)29-27(34)35-16-23-20-10-3-1-8-18(20)19-9-2-4-11-21(19)23/h1-4,8-11,17,22-24H,5-7,12-16H2,(H,29,34)(H,32,33)/t17?,22-,24+,28?/m1/s1. The minimum Gasteiger partial charge on any atom is -0.479 e. The van der Waals surface area contributed by atoms with E-state index in [4.69, 9.17) is 4.74 Å². The van der Waals surface area contributed by atoms with Gasteiger partial charge in [-0.2, -0.15) is 0 Å². The lowest BCUT2D eigenvalue weighted by Crippen LogP contribution is -2.55. The fraction of sp³-hybridized carbons (Fsp3) is 0.464. The Hall–Kier alpha value is -3.35. The zero-order chi connectivity index (χ0) is 24.2. The topological polar surface area (TPSA) is 95.9 Å². The molecule has 1 saturated heterocycles. The summed E-state index contributed by atoms with van der Waals surface area (Å²) in [6, 6.07) is 16.1. The summed E-state index contributed by atoms with van der Waals surface area (Å²) >= 11 is 0. The Bertz CT molecular complexity index is 1150. The van der Waals surface area contributed by atoms with Crippen LogP contribution in [-0.4, -0.2) is 52.7 Å². The van der Waals surface area contributed by atoms with E-state index in [2.05, 4.69) is 29.6 Å². The maximum atomic E-state index is 13.5. The molecule has 4 aliphatic rings. The molecule has 7 nitrogen and oxygen atoms in total. The molecule has 0 radical (unpaired) electrons. The van der Waals surface area contributed by atoms with Crippen LogP contribution in [0, 0.1) is 11.8 Å². The van der Waals surface area contributed by atoms with Crippen LogP contribution in [0.25, 0.3) is 11.1 Å². The largest absolute Gasteiger partial charge is 0.479 e. The van der Waals surface area contributed by atoms with Crippen LogP contribution in [0.1, 0.15) is 55.6 Å². The summed E-state index contributed by atoms with van der Waals surface area (Å²) in [7, 11) is 0. The third kappa shape index (κ3) is 3.51. The van der Waals surface area contributed by atoms with Crippen LogP contribution in [0.3, 0.4) is 0 Å². The van der Waals surface area contributed by atoms with Crippen molar-refractivity contribution in [3.05, 3.63) is 59.7 Å². The van der Waals surface area contributed by atoms with E-state index in [1.54, 1.807) is 4.90 Å². The summed E-state index contributed by atoms with van der Waals surface area (Å²) in [6.45, 7) is 0.705. The van der Waals surface area contributed by atoms with Gasteiger partial charge in [0.15, 0.2) is 0 Å². The predicted molar refractivity (Wildman–Crippen MR) is 129 cm³/mol. The smallest absolute Gasteiger partial charge is 0.407 e. The number of ether oxygens (including phenoxy) is 1. The fourth-order valence-electron chi connectivity index (χ4n) is 6.79. The summed E-state index contributed by atoms with van der Waals surface area (Å²) in [5.41, 5.74) is 3.63. The maximum absolute atomic E-state index is 13.5. The van der Waals surface area contributed by atoms with Crippen LogP contribution in [0.15, 0.2) is 48.5 Å². The van der Waals surface area contributed by atoms with E-state index in [0.29, 0.717) is 25.8 Å². The SMILES string of the molecule is O=C(N[C@H]1CCC[C@H]1C(=O)N1CCCC2CC21C(=O)O)OCC1c2ccccc2-c2ccccc21.